The van der Waals surface area contributed by atoms with Gasteiger partial charge in [-0.05, 0) is 24.6 Å². The lowest BCUT2D eigenvalue weighted by molar-refractivity contribution is -0.142. The summed E-state index contributed by atoms with van der Waals surface area (Å²) in [5.41, 5.74) is 0.846. The van der Waals surface area contributed by atoms with E-state index in [-0.39, 0.29) is 12.4 Å². The van der Waals surface area contributed by atoms with Crippen LogP contribution < -0.4 is 4.65 Å². The maximum atomic E-state index is 11.1. The molecule has 1 aromatic carbocycles. The predicted molar refractivity (Wildman–Crippen MR) is 55.4 cm³/mol. The molecule has 1 N–H and O–H groups in total. The van der Waals surface area contributed by atoms with Crippen LogP contribution in [0.15, 0.2) is 24.3 Å². The van der Waals surface area contributed by atoms with E-state index in [1.807, 2.05) is 0 Å². The first-order valence-corrected chi connectivity index (χ1v) is 4.63. The van der Waals surface area contributed by atoms with Gasteiger partial charge in [0.1, 0.15) is 0 Å². The minimum atomic E-state index is -0.250. The van der Waals surface area contributed by atoms with Gasteiger partial charge >= 0.3 is 13.7 Å². The summed E-state index contributed by atoms with van der Waals surface area (Å²) in [5.74, 6) is 0.269. The number of rotatable bonds is 5. The molecule has 4 nitrogen and oxygen atoms in total. The van der Waals surface area contributed by atoms with Crippen LogP contribution in [0.3, 0.4) is 0 Å². The van der Waals surface area contributed by atoms with Gasteiger partial charge in [0.2, 0.25) is 0 Å². The van der Waals surface area contributed by atoms with Crippen LogP contribution in [0.4, 0.5) is 0 Å². The van der Waals surface area contributed by atoms with Gasteiger partial charge in [0.05, 0.1) is 18.8 Å². The fraction of sp³-hybridized carbons (Fsp3) is 0.300. The maximum absolute atomic E-state index is 11.1. The fourth-order valence-corrected chi connectivity index (χ4v) is 1.13. The number of ether oxygens (including phenoxy) is 1. The molecule has 0 aliphatic carbocycles. The van der Waals surface area contributed by atoms with Gasteiger partial charge in [0, 0.05) is 0 Å². The van der Waals surface area contributed by atoms with Crippen LogP contribution in [-0.4, -0.2) is 25.3 Å². The fourth-order valence-electron chi connectivity index (χ4n) is 1.13. The van der Waals surface area contributed by atoms with Crippen LogP contribution in [0.1, 0.15) is 12.5 Å². The minimum Gasteiger partial charge on any atom is -0.537 e. The van der Waals surface area contributed by atoms with Crippen molar-refractivity contribution in [2.24, 2.45) is 0 Å². The third kappa shape index (κ3) is 4.04. The van der Waals surface area contributed by atoms with Crippen LogP contribution in [0.5, 0.6) is 5.75 Å². The van der Waals surface area contributed by atoms with Gasteiger partial charge in [0.15, 0.2) is 0 Å². The normalized spacial score (nSPS) is 9.47. The Morgan fingerprint density at radius 1 is 1.40 bits per heavy atom. The lowest BCUT2D eigenvalue weighted by Crippen LogP contribution is -2.07. The van der Waals surface area contributed by atoms with Crippen LogP contribution in [-0.2, 0) is 16.0 Å². The minimum absolute atomic E-state index is 0.247. The lowest BCUT2D eigenvalue weighted by Gasteiger charge is -2.04. The van der Waals surface area contributed by atoms with Crippen molar-refractivity contribution in [3.05, 3.63) is 29.8 Å². The van der Waals surface area contributed by atoms with Gasteiger partial charge < -0.3 is 14.4 Å². The summed E-state index contributed by atoms with van der Waals surface area (Å²) in [6.45, 7) is 2.16. The molecule has 0 unspecified atom stereocenters. The molecule has 0 fully saturated rings. The highest BCUT2D eigenvalue weighted by molar-refractivity contribution is 6.17. The molecule has 0 aliphatic heterocycles. The van der Waals surface area contributed by atoms with Gasteiger partial charge in [0.25, 0.3) is 0 Å². The van der Waals surface area contributed by atoms with E-state index >= 15 is 0 Å². The summed E-state index contributed by atoms with van der Waals surface area (Å²) in [6.07, 6.45) is 0.247. The van der Waals surface area contributed by atoms with Gasteiger partial charge in [-0.3, -0.25) is 4.79 Å². The second kappa shape index (κ2) is 6.08. The molecule has 0 heterocycles. The summed E-state index contributed by atoms with van der Waals surface area (Å²) in [4.78, 5) is 11.1. The largest absolute Gasteiger partial charge is 0.569 e. The highest BCUT2D eigenvalue weighted by atomic mass is 16.5. The predicted octanol–water partition coefficient (Wildman–Crippen LogP) is 0.698. The standard InChI is InChI=1S/C10H12BO4/c1-2-14-10(12)7-8-3-5-9(6-4-8)15-11-13/h3-6,13H,2,7H2,1H3. The van der Waals surface area contributed by atoms with E-state index in [0.29, 0.717) is 20.0 Å². The Bertz CT molecular complexity index is 310. The van der Waals surface area contributed by atoms with Crippen molar-refractivity contribution in [1.82, 2.24) is 0 Å². The molecule has 1 rings (SSSR count). The summed E-state index contributed by atoms with van der Waals surface area (Å²) >= 11 is 0. The molecule has 79 valence electrons. The molecule has 0 spiro atoms. The van der Waals surface area contributed by atoms with Crippen LogP contribution in [0.25, 0.3) is 0 Å². The third-order valence-electron chi connectivity index (χ3n) is 1.77. The van der Waals surface area contributed by atoms with E-state index in [1.54, 1.807) is 31.2 Å². The van der Waals surface area contributed by atoms with Crippen molar-refractivity contribution in [2.45, 2.75) is 13.3 Å². The molecule has 1 aromatic rings. The quantitative estimate of drug-likeness (QED) is 0.570. The number of esters is 1. The van der Waals surface area contributed by atoms with Crippen LogP contribution in [0, 0.1) is 0 Å². The average Bonchev–Trinajstić information content (AvgIpc) is 2.22. The Morgan fingerprint density at radius 2 is 2.07 bits per heavy atom. The third-order valence-corrected chi connectivity index (χ3v) is 1.77. The van der Waals surface area contributed by atoms with Crippen LogP contribution >= 0.6 is 0 Å². The molecular weight excluding hydrogens is 195 g/mol. The summed E-state index contributed by atoms with van der Waals surface area (Å²) in [5, 5.41) is 8.38. The van der Waals surface area contributed by atoms with E-state index in [2.05, 4.69) is 0 Å². The Labute approximate surface area is 89.1 Å². The molecule has 0 saturated heterocycles. The van der Waals surface area contributed by atoms with Crippen molar-refractivity contribution >= 4 is 13.7 Å². The summed E-state index contributed by atoms with van der Waals surface area (Å²) < 4.78 is 9.53. The number of hydrogen-bond donors (Lipinski definition) is 1. The van der Waals surface area contributed by atoms with E-state index in [0.717, 1.165) is 5.56 Å². The Morgan fingerprint density at radius 3 is 2.60 bits per heavy atom. The first-order valence-electron chi connectivity index (χ1n) is 4.63. The summed E-state index contributed by atoms with van der Waals surface area (Å²) in [7, 11) is 0.611. The van der Waals surface area contributed by atoms with Crippen molar-refractivity contribution in [1.29, 1.82) is 0 Å². The van der Waals surface area contributed by atoms with Crippen molar-refractivity contribution in [3.8, 4) is 5.75 Å². The smallest absolute Gasteiger partial charge is 0.537 e. The lowest BCUT2D eigenvalue weighted by atomic mass is 10.1. The van der Waals surface area contributed by atoms with E-state index < -0.39 is 0 Å². The summed E-state index contributed by atoms with van der Waals surface area (Å²) in [6, 6.07) is 6.83. The number of carbonyl (C=O) groups excluding carboxylic acids is 1. The highest BCUT2D eigenvalue weighted by Gasteiger charge is 2.03. The first kappa shape index (κ1) is 11.6. The van der Waals surface area contributed by atoms with Crippen molar-refractivity contribution in [2.75, 3.05) is 6.61 Å². The zero-order valence-corrected chi connectivity index (χ0v) is 8.47. The Kier molecular flexibility index (Phi) is 4.70. The monoisotopic (exact) mass is 207 g/mol. The number of carbonyl (C=O) groups is 1. The second-order valence-electron chi connectivity index (χ2n) is 2.85. The second-order valence-corrected chi connectivity index (χ2v) is 2.85. The van der Waals surface area contributed by atoms with Crippen molar-refractivity contribution < 1.29 is 19.2 Å². The van der Waals surface area contributed by atoms with E-state index in [9.17, 15) is 4.79 Å². The molecule has 0 bridgehead atoms. The SMILES string of the molecule is CCOC(=O)Cc1ccc(O[B]O)cc1. The van der Waals surface area contributed by atoms with E-state index in [1.165, 1.54) is 0 Å². The first-order chi connectivity index (χ1) is 7.26. The maximum Gasteiger partial charge on any atom is 0.569 e. The van der Waals surface area contributed by atoms with Gasteiger partial charge in [-0.25, -0.2) is 0 Å². The number of benzene rings is 1. The van der Waals surface area contributed by atoms with Gasteiger partial charge in [-0.15, -0.1) is 0 Å². The van der Waals surface area contributed by atoms with Gasteiger partial charge in [-0.2, -0.15) is 0 Å². The van der Waals surface area contributed by atoms with E-state index in [4.69, 9.17) is 14.4 Å². The van der Waals surface area contributed by atoms with Gasteiger partial charge in [-0.1, -0.05) is 12.1 Å². The Balaban J connectivity index is 2.52. The molecule has 0 atom stereocenters. The molecule has 1 radical (unpaired) electrons. The molecular formula is C10H12BO4. The molecule has 0 saturated carbocycles. The molecule has 0 aliphatic rings. The average molecular weight is 207 g/mol. The number of hydrogen-bond acceptors (Lipinski definition) is 4. The topological polar surface area (TPSA) is 55.8 Å². The Hall–Kier alpha value is -1.49. The molecule has 5 heteroatoms. The zero-order chi connectivity index (χ0) is 11.1. The molecule has 0 amide bonds. The molecule has 0 aromatic heterocycles. The zero-order valence-electron chi connectivity index (χ0n) is 8.47. The van der Waals surface area contributed by atoms with Crippen LogP contribution in [0.2, 0.25) is 0 Å². The molecule has 15 heavy (non-hydrogen) atoms. The van der Waals surface area contributed by atoms with Crippen molar-refractivity contribution in [3.63, 3.8) is 0 Å². The highest BCUT2D eigenvalue weighted by Crippen LogP contribution is 2.12.